The minimum absolute atomic E-state index is 0.00415. The molecule has 0 spiro atoms. The lowest BCUT2D eigenvalue weighted by atomic mass is 10.1. The van der Waals surface area contributed by atoms with Gasteiger partial charge in [-0.1, -0.05) is 30.3 Å². The van der Waals surface area contributed by atoms with Gasteiger partial charge in [0.1, 0.15) is 6.10 Å². The zero-order chi connectivity index (χ0) is 19.9. The van der Waals surface area contributed by atoms with Crippen LogP contribution in [0.1, 0.15) is 17.2 Å². The van der Waals surface area contributed by atoms with E-state index in [9.17, 15) is 4.79 Å². The molecule has 1 fully saturated rings. The zero-order valence-electron chi connectivity index (χ0n) is 16.7. The molecule has 1 saturated heterocycles. The molecule has 1 unspecified atom stereocenters. The Kier molecular flexibility index (Phi) is 6.65. The predicted molar refractivity (Wildman–Crippen MR) is 108 cm³/mol. The van der Waals surface area contributed by atoms with Gasteiger partial charge in [-0.15, -0.1) is 0 Å². The molecular formula is C20H28N6O2. The highest BCUT2D eigenvalue weighted by Gasteiger charge is 2.25. The Morgan fingerprint density at radius 1 is 1.36 bits per heavy atom. The van der Waals surface area contributed by atoms with Crippen molar-refractivity contribution in [3.63, 3.8) is 0 Å². The predicted octanol–water partition coefficient (Wildman–Crippen LogP) is 1.03. The van der Waals surface area contributed by atoms with Crippen molar-refractivity contribution < 1.29 is 9.53 Å². The summed E-state index contributed by atoms with van der Waals surface area (Å²) in [6, 6.07) is 10.1. The van der Waals surface area contributed by atoms with E-state index in [4.69, 9.17) is 9.73 Å². The first-order valence-corrected chi connectivity index (χ1v) is 9.40. The number of guanidine groups is 1. The summed E-state index contributed by atoms with van der Waals surface area (Å²) in [6.45, 7) is 2.72. The third-order valence-electron chi connectivity index (χ3n) is 4.61. The van der Waals surface area contributed by atoms with Gasteiger partial charge in [0, 0.05) is 39.4 Å². The van der Waals surface area contributed by atoms with E-state index in [0.29, 0.717) is 26.2 Å². The van der Waals surface area contributed by atoms with E-state index in [1.54, 1.807) is 23.7 Å². The molecule has 2 heterocycles. The van der Waals surface area contributed by atoms with Crippen molar-refractivity contribution >= 4 is 11.9 Å². The molecule has 0 bridgehead atoms. The molecule has 1 aliphatic rings. The lowest BCUT2D eigenvalue weighted by Gasteiger charge is -2.35. The highest BCUT2D eigenvalue weighted by molar-refractivity contribution is 5.86. The van der Waals surface area contributed by atoms with Crippen LogP contribution in [0.15, 0.2) is 47.7 Å². The fourth-order valence-electron chi connectivity index (χ4n) is 2.98. The number of hydrogen-bond acceptors (Lipinski definition) is 4. The smallest absolute Gasteiger partial charge is 0.241 e. The van der Waals surface area contributed by atoms with E-state index in [0.717, 1.165) is 17.1 Å². The number of aromatic nitrogens is 2. The second-order valence-corrected chi connectivity index (χ2v) is 7.02. The summed E-state index contributed by atoms with van der Waals surface area (Å²) in [5, 5.41) is 7.47. The van der Waals surface area contributed by atoms with Crippen molar-refractivity contribution in [2.75, 3.05) is 40.3 Å². The lowest BCUT2D eigenvalue weighted by Crippen LogP contribution is -2.50. The maximum absolute atomic E-state index is 12.0. The van der Waals surface area contributed by atoms with Crippen molar-refractivity contribution in [1.82, 2.24) is 24.9 Å². The molecular weight excluding hydrogens is 356 g/mol. The van der Waals surface area contributed by atoms with Crippen LogP contribution in [0.5, 0.6) is 0 Å². The lowest BCUT2D eigenvalue weighted by molar-refractivity contribution is -0.127. The van der Waals surface area contributed by atoms with Gasteiger partial charge in [0.2, 0.25) is 5.91 Å². The number of ether oxygens (including phenoxy) is 1. The third-order valence-corrected chi connectivity index (χ3v) is 4.61. The van der Waals surface area contributed by atoms with Crippen molar-refractivity contribution in [1.29, 1.82) is 0 Å². The number of nitrogens with one attached hydrogen (secondary N) is 1. The minimum Gasteiger partial charge on any atom is -0.370 e. The maximum Gasteiger partial charge on any atom is 0.241 e. The zero-order valence-corrected chi connectivity index (χ0v) is 16.7. The van der Waals surface area contributed by atoms with Crippen LogP contribution < -0.4 is 5.32 Å². The number of morpholine rings is 1. The summed E-state index contributed by atoms with van der Waals surface area (Å²) in [7, 11) is 5.39. The number of nitrogens with zero attached hydrogens (tertiary/aromatic N) is 5. The van der Waals surface area contributed by atoms with Crippen LogP contribution in [0.3, 0.4) is 0 Å². The SMILES string of the molecule is CN(C)C(=O)CNC(=NCc1ccccc1)N1CCOC(c2cnn(C)c2)C1. The van der Waals surface area contributed by atoms with Crippen LogP contribution in [-0.4, -0.2) is 71.8 Å². The van der Waals surface area contributed by atoms with Crippen molar-refractivity contribution in [3.8, 4) is 0 Å². The van der Waals surface area contributed by atoms with Gasteiger partial charge in [-0.2, -0.15) is 5.10 Å². The molecule has 1 aromatic heterocycles. The Labute approximate surface area is 165 Å². The molecule has 3 rings (SSSR count). The van der Waals surface area contributed by atoms with Gasteiger partial charge in [0.05, 0.1) is 32.4 Å². The van der Waals surface area contributed by atoms with E-state index in [1.807, 2.05) is 49.8 Å². The Hall–Kier alpha value is -2.87. The van der Waals surface area contributed by atoms with Crippen LogP contribution in [-0.2, 0) is 23.1 Å². The molecule has 1 amide bonds. The molecule has 1 atom stereocenters. The number of carbonyl (C=O) groups excluding carboxylic acids is 1. The van der Waals surface area contributed by atoms with Gasteiger partial charge in [-0.25, -0.2) is 4.99 Å². The number of likely N-dealkylation sites (N-methyl/N-ethyl adjacent to an activating group) is 1. The van der Waals surface area contributed by atoms with E-state index in [2.05, 4.69) is 15.3 Å². The Morgan fingerprint density at radius 2 is 2.14 bits per heavy atom. The molecule has 8 heteroatoms. The molecule has 0 aliphatic carbocycles. The third kappa shape index (κ3) is 5.32. The summed E-state index contributed by atoms with van der Waals surface area (Å²) < 4.78 is 7.71. The molecule has 0 saturated carbocycles. The second-order valence-electron chi connectivity index (χ2n) is 7.02. The molecule has 2 aromatic rings. The average Bonchev–Trinajstić information content (AvgIpc) is 3.15. The number of rotatable bonds is 5. The first kappa shape index (κ1) is 19.9. The molecule has 28 heavy (non-hydrogen) atoms. The van der Waals surface area contributed by atoms with Gasteiger partial charge in [-0.3, -0.25) is 9.48 Å². The number of carbonyl (C=O) groups is 1. The summed E-state index contributed by atoms with van der Waals surface area (Å²) in [6.07, 6.45) is 3.73. The Morgan fingerprint density at radius 3 is 2.82 bits per heavy atom. The first-order chi connectivity index (χ1) is 13.5. The number of amides is 1. The summed E-state index contributed by atoms with van der Waals surface area (Å²) >= 11 is 0. The maximum atomic E-state index is 12.0. The minimum atomic E-state index is -0.0734. The van der Waals surface area contributed by atoms with Crippen molar-refractivity contribution in [3.05, 3.63) is 53.9 Å². The van der Waals surface area contributed by atoms with E-state index >= 15 is 0 Å². The fourth-order valence-corrected chi connectivity index (χ4v) is 2.98. The van der Waals surface area contributed by atoms with Gasteiger partial charge in [0.15, 0.2) is 5.96 Å². The summed E-state index contributed by atoms with van der Waals surface area (Å²) in [4.78, 5) is 20.5. The van der Waals surface area contributed by atoms with Gasteiger partial charge in [-0.05, 0) is 5.56 Å². The molecule has 8 nitrogen and oxygen atoms in total. The fraction of sp³-hybridized carbons (Fsp3) is 0.450. The van der Waals surface area contributed by atoms with Crippen LogP contribution in [0.4, 0.5) is 0 Å². The van der Waals surface area contributed by atoms with Crippen LogP contribution >= 0.6 is 0 Å². The number of aryl methyl sites for hydroxylation is 1. The topological polar surface area (TPSA) is 75.0 Å². The number of aliphatic imine (C=N–C) groups is 1. The summed E-state index contributed by atoms with van der Waals surface area (Å²) in [5.41, 5.74) is 2.16. The monoisotopic (exact) mass is 384 g/mol. The highest BCUT2D eigenvalue weighted by Crippen LogP contribution is 2.21. The Bertz CT molecular complexity index is 802. The molecule has 0 radical (unpaired) electrons. The standard InChI is InChI=1S/C20H28N6O2/c1-24(2)19(27)13-22-20(21-11-16-7-5-4-6-8-16)26-9-10-28-18(15-26)17-12-23-25(3)14-17/h4-8,12,14,18H,9-11,13,15H2,1-3H3,(H,21,22). The van der Waals surface area contributed by atoms with Crippen molar-refractivity contribution in [2.45, 2.75) is 12.6 Å². The largest absolute Gasteiger partial charge is 0.370 e. The second kappa shape index (κ2) is 9.36. The normalized spacial score (nSPS) is 17.5. The van der Waals surface area contributed by atoms with Crippen LogP contribution in [0.25, 0.3) is 0 Å². The van der Waals surface area contributed by atoms with Gasteiger partial charge >= 0.3 is 0 Å². The quantitative estimate of drug-likeness (QED) is 0.616. The first-order valence-electron chi connectivity index (χ1n) is 9.40. The highest BCUT2D eigenvalue weighted by atomic mass is 16.5. The van der Waals surface area contributed by atoms with Gasteiger partial charge in [0.25, 0.3) is 0 Å². The van der Waals surface area contributed by atoms with E-state index < -0.39 is 0 Å². The van der Waals surface area contributed by atoms with Gasteiger partial charge < -0.3 is 19.9 Å². The van der Waals surface area contributed by atoms with E-state index in [-0.39, 0.29) is 18.6 Å². The molecule has 1 aliphatic heterocycles. The van der Waals surface area contributed by atoms with Crippen LogP contribution in [0, 0.1) is 0 Å². The number of benzene rings is 1. The summed E-state index contributed by atoms with van der Waals surface area (Å²) in [5.74, 6) is 0.723. The average molecular weight is 384 g/mol. The van der Waals surface area contributed by atoms with E-state index in [1.165, 1.54) is 0 Å². The molecule has 1 aromatic carbocycles. The number of hydrogen-bond donors (Lipinski definition) is 1. The molecule has 1 N–H and O–H groups in total. The van der Waals surface area contributed by atoms with Crippen LogP contribution in [0.2, 0.25) is 0 Å². The van der Waals surface area contributed by atoms with Crippen molar-refractivity contribution in [2.24, 2.45) is 12.0 Å². The molecule has 150 valence electrons. The Balaban J connectivity index is 1.73.